The van der Waals surface area contributed by atoms with Crippen LogP contribution in [0.5, 0.6) is 0 Å². The second kappa shape index (κ2) is 7.38. The predicted octanol–water partition coefficient (Wildman–Crippen LogP) is 3.19. The highest BCUT2D eigenvalue weighted by atomic mass is 16.3. The van der Waals surface area contributed by atoms with Crippen molar-refractivity contribution in [3.05, 3.63) is 0 Å². The lowest BCUT2D eigenvalue weighted by molar-refractivity contribution is 0.0875. The number of piperidine rings is 1. The number of likely N-dealkylation sites (tertiary alicyclic amines) is 1. The van der Waals surface area contributed by atoms with Gasteiger partial charge in [0.2, 0.25) is 0 Å². The molecule has 1 atom stereocenters. The van der Waals surface area contributed by atoms with E-state index in [0.29, 0.717) is 0 Å². The smallest absolute Gasteiger partial charge is 0.0667 e. The minimum Gasteiger partial charge on any atom is -0.392 e. The van der Waals surface area contributed by atoms with Gasteiger partial charge in [-0.15, -0.1) is 0 Å². The molecule has 1 saturated heterocycles. The van der Waals surface area contributed by atoms with Crippen LogP contribution in [-0.4, -0.2) is 35.7 Å². The van der Waals surface area contributed by atoms with Crippen molar-refractivity contribution in [3.8, 4) is 0 Å². The summed E-state index contributed by atoms with van der Waals surface area (Å²) >= 11 is 0. The molecule has 2 aliphatic rings. The van der Waals surface area contributed by atoms with E-state index in [9.17, 15) is 5.11 Å². The third-order valence-corrected chi connectivity index (χ3v) is 4.55. The Morgan fingerprint density at radius 2 is 1.59 bits per heavy atom. The van der Waals surface area contributed by atoms with Gasteiger partial charge in [0.15, 0.2) is 0 Å². The van der Waals surface area contributed by atoms with E-state index in [1.165, 1.54) is 70.9 Å². The molecule has 100 valence electrons. The normalized spacial score (nSPS) is 25.9. The molecule has 2 nitrogen and oxygen atoms in total. The summed E-state index contributed by atoms with van der Waals surface area (Å²) in [5, 5.41) is 10.1. The average molecular weight is 239 g/mol. The fraction of sp³-hybridized carbons (Fsp3) is 1.00. The van der Waals surface area contributed by atoms with E-state index in [1.54, 1.807) is 0 Å². The molecule has 1 heterocycles. The van der Waals surface area contributed by atoms with Crippen LogP contribution < -0.4 is 0 Å². The maximum Gasteiger partial charge on any atom is 0.0667 e. The molecule has 2 fully saturated rings. The molecular formula is C15H29NO. The van der Waals surface area contributed by atoms with Crippen molar-refractivity contribution in [1.82, 2.24) is 4.90 Å². The van der Waals surface area contributed by atoms with Gasteiger partial charge in [0.1, 0.15) is 0 Å². The summed E-state index contributed by atoms with van der Waals surface area (Å²) in [6.45, 7) is 3.34. The zero-order chi connectivity index (χ0) is 11.9. The predicted molar refractivity (Wildman–Crippen MR) is 72.1 cm³/mol. The number of rotatable bonds is 5. The molecule has 1 saturated carbocycles. The highest BCUT2D eigenvalue weighted by Gasteiger charge is 2.17. The lowest BCUT2D eigenvalue weighted by Gasteiger charge is -2.29. The third kappa shape index (κ3) is 4.97. The first-order valence-electron chi connectivity index (χ1n) is 7.75. The van der Waals surface area contributed by atoms with Crippen LogP contribution in [0, 0.1) is 5.92 Å². The first-order chi connectivity index (χ1) is 8.34. The molecule has 1 unspecified atom stereocenters. The Labute approximate surface area is 106 Å². The molecule has 0 radical (unpaired) electrons. The van der Waals surface area contributed by atoms with Crippen molar-refractivity contribution in [3.63, 3.8) is 0 Å². The van der Waals surface area contributed by atoms with Crippen LogP contribution in [0.15, 0.2) is 0 Å². The van der Waals surface area contributed by atoms with Gasteiger partial charge in [-0.25, -0.2) is 0 Å². The number of aliphatic hydroxyl groups excluding tert-OH is 1. The molecule has 0 spiro atoms. The Bertz CT molecular complexity index is 195. The molecule has 2 rings (SSSR count). The van der Waals surface area contributed by atoms with Gasteiger partial charge >= 0.3 is 0 Å². The van der Waals surface area contributed by atoms with Gasteiger partial charge in [-0.1, -0.05) is 38.5 Å². The maximum absolute atomic E-state index is 10.1. The molecule has 0 aromatic rings. The van der Waals surface area contributed by atoms with E-state index in [4.69, 9.17) is 0 Å². The monoisotopic (exact) mass is 239 g/mol. The van der Waals surface area contributed by atoms with E-state index in [0.717, 1.165) is 18.9 Å². The number of nitrogens with zero attached hydrogens (tertiary/aromatic N) is 1. The Balaban J connectivity index is 1.57. The molecule has 1 aliphatic carbocycles. The molecule has 0 bridgehead atoms. The van der Waals surface area contributed by atoms with Crippen molar-refractivity contribution < 1.29 is 5.11 Å². The molecular weight excluding hydrogens is 210 g/mol. The standard InChI is InChI=1S/C15H29NO/c17-15(13-16-11-5-2-6-12-16)10-9-14-7-3-1-4-8-14/h14-15,17H,1-13H2. The van der Waals surface area contributed by atoms with E-state index < -0.39 is 0 Å². The molecule has 0 amide bonds. The first-order valence-corrected chi connectivity index (χ1v) is 7.75. The summed E-state index contributed by atoms with van der Waals surface area (Å²) in [7, 11) is 0. The average Bonchev–Trinajstić information content (AvgIpc) is 2.39. The van der Waals surface area contributed by atoms with Crippen molar-refractivity contribution in [1.29, 1.82) is 0 Å². The molecule has 2 heteroatoms. The van der Waals surface area contributed by atoms with Gasteiger partial charge in [0.25, 0.3) is 0 Å². The van der Waals surface area contributed by atoms with Crippen molar-refractivity contribution >= 4 is 0 Å². The van der Waals surface area contributed by atoms with E-state index in [1.807, 2.05) is 0 Å². The topological polar surface area (TPSA) is 23.5 Å². The summed E-state index contributed by atoms with van der Waals surface area (Å²) in [6.07, 6.45) is 13.4. The molecule has 1 aliphatic heterocycles. The SMILES string of the molecule is OC(CCC1CCCCC1)CN1CCCCC1. The highest BCUT2D eigenvalue weighted by Crippen LogP contribution is 2.27. The minimum absolute atomic E-state index is 0.0740. The van der Waals surface area contributed by atoms with E-state index in [2.05, 4.69) is 4.90 Å². The van der Waals surface area contributed by atoms with Crippen molar-refractivity contribution in [2.75, 3.05) is 19.6 Å². The second-order valence-electron chi connectivity index (χ2n) is 6.10. The lowest BCUT2D eigenvalue weighted by atomic mass is 9.85. The Morgan fingerprint density at radius 1 is 0.941 bits per heavy atom. The van der Waals surface area contributed by atoms with Crippen LogP contribution in [0.3, 0.4) is 0 Å². The summed E-state index contributed by atoms with van der Waals surface area (Å²) < 4.78 is 0. The third-order valence-electron chi connectivity index (χ3n) is 4.55. The van der Waals surface area contributed by atoms with Crippen LogP contribution in [0.2, 0.25) is 0 Å². The fourth-order valence-electron chi connectivity index (χ4n) is 3.44. The molecule has 0 aromatic carbocycles. The molecule has 1 N–H and O–H groups in total. The summed E-state index contributed by atoms with van der Waals surface area (Å²) in [5.74, 6) is 0.916. The molecule has 17 heavy (non-hydrogen) atoms. The fourth-order valence-corrected chi connectivity index (χ4v) is 3.44. The van der Waals surface area contributed by atoms with Gasteiger partial charge in [0, 0.05) is 6.54 Å². The van der Waals surface area contributed by atoms with Gasteiger partial charge in [0.05, 0.1) is 6.10 Å². The number of aliphatic hydroxyl groups is 1. The van der Waals surface area contributed by atoms with Crippen LogP contribution in [0.1, 0.15) is 64.2 Å². The number of hydrogen-bond donors (Lipinski definition) is 1. The van der Waals surface area contributed by atoms with Gasteiger partial charge in [-0.3, -0.25) is 0 Å². The van der Waals surface area contributed by atoms with Crippen LogP contribution in [0.4, 0.5) is 0 Å². The highest BCUT2D eigenvalue weighted by molar-refractivity contribution is 4.72. The van der Waals surface area contributed by atoms with Gasteiger partial charge in [-0.2, -0.15) is 0 Å². The second-order valence-corrected chi connectivity index (χ2v) is 6.10. The minimum atomic E-state index is -0.0740. The van der Waals surface area contributed by atoms with Crippen LogP contribution in [0.25, 0.3) is 0 Å². The van der Waals surface area contributed by atoms with E-state index >= 15 is 0 Å². The maximum atomic E-state index is 10.1. The number of β-amino-alcohol motifs (C(OH)–C–C–N with tert-alkyl or cyclic N) is 1. The van der Waals surface area contributed by atoms with E-state index in [-0.39, 0.29) is 6.10 Å². The zero-order valence-corrected chi connectivity index (χ0v) is 11.2. The summed E-state index contributed by atoms with van der Waals surface area (Å²) in [5.41, 5.74) is 0. The van der Waals surface area contributed by atoms with Crippen LogP contribution >= 0.6 is 0 Å². The zero-order valence-electron chi connectivity index (χ0n) is 11.2. The van der Waals surface area contributed by atoms with Crippen LogP contribution in [-0.2, 0) is 0 Å². The summed E-state index contributed by atoms with van der Waals surface area (Å²) in [6, 6.07) is 0. The summed E-state index contributed by atoms with van der Waals surface area (Å²) in [4.78, 5) is 2.45. The Morgan fingerprint density at radius 3 is 2.29 bits per heavy atom. The largest absolute Gasteiger partial charge is 0.392 e. The Hall–Kier alpha value is -0.0800. The van der Waals surface area contributed by atoms with Gasteiger partial charge < -0.3 is 10.0 Å². The van der Waals surface area contributed by atoms with Gasteiger partial charge in [-0.05, 0) is 44.7 Å². The van der Waals surface area contributed by atoms with Crippen molar-refractivity contribution in [2.24, 2.45) is 5.92 Å². The molecule has 0 aromatic heterocycles. The lowest BCUT2D eigenvalue weighted by Crippen LogP contribution is -2.36. The van der Waals surface area contributed by atoms with Crippen molar-refractivity contribution in [2.45, 2.75) is 70.3 Å². The first kappa shape index (κ1) is 13.4. The number of hydrogen-bond acceptors (Lipinski definition) is 2. The Kier molecular flexibility index (Phi) is 5.79. The quantitative estimate of drug-likeness (QED) is 0.796.